The molecule has 0 amide bonds. The average Bonchev–Trinajstić information content (AvgIpc) is 3.47. The fraction of sp³-hybridized carbons (Fsp3) is 0.425. The summed E-state index contributed by atoms with van der Waals surface area (Å²) < 4.78 is 40.8. The number of methoxy groups -OCH3 is 2. The number of aromatic amines is 1. The number of nitriles is 1. The first kappa shape index (κ1) is 40.8. The molecule has 5 rings (SSSR count). The van der Waals surface area contributed by atoms with Gasteiger partial charge in [0.2, 0.25) is 0 Å². The molecule has 0 spiro atoms. The van der Waals surface area contributed by atoms with E-state index in [1.165, 1.54) is 6.20 Å². The van der Waals surface area contributed by atoms with Crippen LogP contribution in [0.15, 0.2) is 94.6 Å². The Morgan fingerprint density at radius 1 is 0.926 bits per heavy atom. The third-order valence-electron chi connectivity index (χ3n) is 9.24. The minimum absolute atomic E-state index is 0.0245. The Morgan fingerprint density at radius 3 is 2.00 bits per heavy atom. The SMILES string of the molecule is COc1ccc(C(OC[C@H]2O[C@@H](n3cc(C)c(=O)[nH]c3=O)[C@H](O)[C@@H]2OP(OCCC#N)N(C(C)C)C(C)C)(c2ccccc2)c2ccc(OC)cc2)cc1. The van der Waals surface area contributed by atoms with Gasteiger partial charge in [0.25, 0.3) is 14.1 Å². The van der Waals surface area contributed by atoms with Crippen LogP contribution in [0.3, 0.4) is 0 Å². The summed E-state index contributed by atoms with van der Waals surface area (Å²) in [5.41, 5.74) is 0.134. The lowest BCUT2D eigenvalue weighted by Crippen LogP contribution is -2.42. The number of hydrogen-bond donors (Lipinski definition) is 2. The van der Waals surface area contributed by atoms with E-state index in [1.54, 1.807) is 21.1 Å². The zero-order valence-electron chi connectivity index (χ0n) is 31.7. The molecule has 1 fully saturated rings. The van der Waals surface area contributed by atoms with E-state index in [0.717, 1.165) is 21.3 Å². The summed E-state index contributed by atoms with van der Waals surface area (Å²) in [5, 5.41) is 21.3. The highest BCUT2D eigenvalue weighted by Crippen LogP contribution is 2.50. The van der Waals surface area contributed by atoms with Crippen LogP contribution in [0.4, 0.5) is 0 Å². The Bertz CT molecular complexity index is 1910. The summed E-state index contributed by atoms with van der Waals surface area (Å²) in [7, 11) is 1.35. The van der Waals surface area contributed by atoms with Crippen molar-refractivity contribution in [3.8, 4) is 17.6 Å². The van der Waals surface area contributed by atoms with Crippen molar-refractivity contribution in [3.63, 3.8) is 0 Å². The number of aromatic nitrogens is 2. The molecule has 5 atom stereocenters. The van der Waals surface area contributed by atoms with E-state index in [2.05, 4.69) is 11.1 Å². The molecule has 1 aliphatic heterocycles. The highest BCUT2D eigenvalue weighted by Gasteiger charge is 2.50. The molecule has 2 N–H and O–H groups in total. The second kappa shape index (κ2) is 18.3. The number of aryl methyl sites for hydroxylation is 1. The summed E-state index contributed by atoms with van der Waals surface area (Å²) in [6, 6.07) is 27.0. The van der Waals surface area contributed by atoms with Gasteiger partial charge >= 0.3 is 5.69 Å². The molecule has 1 saturated heterocycles. The van der Waals surface area contributed by atoms with Gasteiger partial charge in [-0.05, 0) is 75.6 Å². The summed E-state index contributed by atoms with van der Waals surface area (Å²) >= 11 is 0. The first-order valence-corrected chi connectivity index (χ1v) is 19.0. The van der Waals surface area contributed by atoms with Gasteiger partial charge in [-0.3, -0.25) is 14.3 Å². The lowest BCUT2D eigenvalue weighted by molar-refractivity contribution is -0.0946. The Morgan fingerprint density at radius 2 is 1.48 bits per heavy atom. The molecule has 2 heterocycles. The zero-order chi connectivity index (χ0) is 39.0. The van der Waals surface area contributed by atoms with Crippen LogP contribution in [-0.4, -0.2) is 77.2 Å². The second-order valence-corrected chi connectivity index (χ2v) is 14.9. The molecule has 13 nitrogen and oxygen atoms in total. The van der Waals surface area contributed by atoms with Crippen molar-refractivity contribution >= 4 is 8.53 Å². The van der Waals surface area contributed by atoms with Gasteiger partial charge < -0.3 is 33.1 Å². The maximum absolute atomic E-state index is 13.2. The number of nitrogens with one attached hydrogen (secondary N) is 1. The fourth-order valence-electron chi connectivity index (χ4n) is 6.67. The van der Waals surface area contributed by atoms with Crippen LogP contribution in [0.2, 0.25) is 0 Å². The first-order valence-electron chi connectivity index (χ1n) is 17.8. The molecule has 1 unspecified atom stereocenters. The van der Waals surface area contributed by atoms with Gasteiger partial charge in [-0.25, -0.2) is 9.46 Å². The predicted octanol–water partition coefficient (Wildman–Crippen LogP) is 5.79. The monoisotopic (exact) mass is 760 g/mol. The van der Waals surface area contributed by atoms with Gasteiger partial charge in [-0.2, -0.15) is 5.26 Å². The predicted molar refractivity (Wildman–Crippen MR) is 204 cm³/mol. The Labute approximate surface area is 316 Å². The number of hydrogen-bond acceptors (Lipinski definition) is 11. The number of benzene rings is 3. The van der Waals surface area contributed by atoms with E-state index in [-0.39, 0.29) is 37.3 Å². The fourth-order valence-corrected chi connectivity index (χ4v) is 8.44. The van der Waals surface area contributed by atoms with Gasteiger partial charge in [0.1, 0.15) is 35.4 Å². The molecule has 14 heteroatoms. The molecule has 0 saturated carbocycles. The number of aliphatic hydroxyl groups excluding tert-OH is 1. The summed E-state index contributed by atoms with van der Waals surface area (Å²) in [4.78, 5) is 27.8. The third-order valence-corrected chi connectivity index (χ3v) is 11.4. The summed E-state index contributed by atoms with van der Waals surface area (Å²) in [5.74, 6) is 1.33. The molecular weight excluding hydrogens is 711 g/mol. The van der Waals surface area contributed by atoms with Crippen molar-refractivity contribution in [3.05, 3.63) is 128 Å². The number of H-pyrrole nitrogens is 1. The van der Waals surface area contributed by atoms with Gasteiger partial charge in [0.15, 0.2) is 6.23 Å². The maximum Gasteiger partial charge on any atom is 0.330 e. The minimum atomic E-state index is -1.85. The van der Waals surface area contributed by atoms with E-state index >= 15 is 0 Å². The van der Waals surface area contributed by atoms with Crippen LogP contribution >= 0.6 is 8.53 Å². The molecule has 3 aromatic carbocycles. The van der Waals surface area contributed by atoms with E-state index < -0.39 is 49.9 Å². The lowest BCUT2D eigenvalue weighted by Gasteiger charge is -2.39. The number of nitrogens with zero attached hydrogens (tertiary/aromatic N) is 3. The van der Waals surface area contributed by atoms with Crippen molar-refractivity contribution in [1.82, 2.24) is 14.2 Å². The highest BCUT2D eigenvalue weighted by molar-refractivity contribution is 7.44. The van der Waals surface area contributed by atoms with Crippen LogP contribution in [0.25, 0.3) is 0 Å². The molecule has 0 radical (unpaired) electrons. The topological polar surface area (TPSA) is 158 Å². The van der Waals surface area contributed by atoms with Crippen molar-refractivity contribution in [2.24, 2.45) is 0 Å². The van der Waals surface area contributed by atoms with Crippen LogP contribution in [0.5, 0.6) is 11.5 Å². The van der Waals surface area contributed by atoms with Gasteiger partial charge in [0, 0.05) is 23.8 Å². The Balaban J connectivity index is 1.64. The molecular formula is C40H49N4O9P. The van der Waals surface area contributed by atoms with Crippen LogP contribution in [-0.2, 0) is 24.1 Å². The number of aliphatic hydroxyl groups is 1. The Kier molecular flexibility index (Phi) is 13.8. The first-order chi connectivity index (χ1) is 25.9. The summed E-state index contributed by atoms with van der Waals surface area (Å²) in [6.07, 6.45) is -3.20. The van der Waals surface area contributed by atoms with Crippen LogP contribution < -0.4 is 20.7 Å². The molecule has 0 bridgehead atoms. The van der Waals surface area contributed by atoms with Crippen molar-refractivity contribution in [2.45, 2.75) is 83.3 Å². The molecule has 4 aromatic rings. The average molecular weight is 761 g/mol. The van der Waals surface area contributed by atoms with Crippen molar-refractivity contribution < 1.29 is 33.1 Å². The van der Waals surface area contributed by atoms with Crippen LogP contribution in [0.1, 0.15) is 62.6 Å². The maximum atomic E-state index is 13.2. The van der Waals surface area contributed by atoms with Gasteiger partial charge in [-0.15, -0.1) is 0 Å². The second-order valence-electron chi connectivity index (χ2n) is 13.5. The normalized spacial score (nSPS) is 19.3. The van der Waals surface area contributed by atoms with Gasteiger partial charge in [-0.1, -0.05) is 54.6 Å². The smallest absolute Gasteiger partial charge is 0.330 e. The highest BCUT2D eigenvalue weighted by atomic mass is 31.2. The molecule has 288 valence electrons. The van der Waals surface area contributed by atoms with Crippen molar-refractivity contribution in [1.29, 1.82) is 5.26 Å². The van der Waals surface area contributed by atoms with E-state index in [4.69, 9.17) is 28.0 Å². The number of ether oxygens (including phenoxy) is 4. The zero-order valence-corrected chi connectivity index (χ0v) is 32.6. The van der Waals surface area contributed by atoms with Gasteiger partial charge in [0.05, 0.1) is 39.9 Å². The lowest BCUT2D eigenvalue weighted by atomic mass is 9.80. The third kappa shape index (κ3) is 8.77. The quantitative estimate of drug-likeness (QED) is 0.0763. The Hall–Kier alpha value is -4.38. The van der Waals surface area contributed by atoms with Crippen LogP contribution in [0, 0.1) is 18.3 Å². The van der Waals surface area contributed by atoms with Crippen molar-refractivity contribution in [2.75, 3.05) is 27.4 Å². The largest absolute Gasteiger partial charge is 0.497 e. The van der Waals surface area contributed by atoms with E-state index in [0.29, 0.717) is 11.5 Å². The molecule has 54 heavy (non-hydrogen) atoms. The standard InChI is InChI=1S/C40H49N4O9P/c1-26(2)44(27(3)4)54(51-23-11-22-41)53-36-34(52-38(35(36)45)43-24-28(5)37(46)42-39(43)47)25-50-40(29-12-9-8-10-13-29,30-14-18-32(48-6)19-15-30)31-16-20-33(49-7)21-17-31/h8-10,12-21,24,26-27,34-36,38,45H,11,23,25H2,1-7H3,(H,42,46,47)/t34-,35-,36-,38-,54?/m1/s1. The molecule has 0 aliphatic carbocycles. The molecule has 1 aromatic heterocycles. The number of rotatable bonds is 17. The molecule has 1 aliphatic rings. The van der Waals surface area contributed by atoms with E-state index in [1.807, 2.05) is 111 Å². The van der Waals surface area contributed by atoms with E-state index in [9.17, 15) is 20.0 Å². The minimum Gasteiger partial charge on any atom is -0.497 e. The summed E-state index contributed by atoms with van der Waals surface area (Å²) in [6.45, 7) is 9.59.